The number of benzene rings is 2. The zero-order chi connectivity index (χ0) is 18.2. The first-order valence-electron chi connectivity index (χ1n) is 9.20. The molecule has 1 amide bonds. The number of aliphatic hydroxyl groups is 1. The van der Waals surface area contributed by atoms with E-state index in [2.05, 4.69) is 0 Å². The van der Waals surface area contributed by atoms with Crippen molar-refractivity contribution in [3.8, 4) is 0 Å². The third kappa shape index (κ3) is 5.39. The number of carbonyl (C=O) groups is 1. The number of rotatable bonds is 7. The lowest BCUT2D eigenvalue weighted by Crippen LogP contribution is -3.15. The summed E-state index contributed by atoms with van der Waals surface area (Å²) in [4.78, 5) is 15.7. The number of ether oxygens (including phenoxy) is 1. The number of carbonyl (C=O) groups excluding carboxylic acids is 1. The lowest BCUT2D eigenvalue weighted by atomic mass is 10.2. The van der Waals surface area contributed by atoms with Gasteiger partial charge < -0.3 is 19.6 Å². The summed E-state index contributed by atoms with van der Waals surface area (Å²) in [6.07, 6.45) is -0.481. The first-order valence-corrected chi connectivity index (χ1v) is 9.20. The molecule has 0 bridgehead atoms. The quantitative estimate of drug-likeness (QED) is 0.765. The van der Waals surface area contributed by atoms with E-state index in [1.54, 1.807) is 0 Å². The Bertz CT molecular complexity index is 670. The van der Waals surface area contributed by atoms with Gasteiger partial charge in [-0.05, 0) is 17.7 Å². The Balaban J connectivity index is 1.36. The first kappa shape index (κ1) is 18.6. The van der Waals surface area contributed by atoms with Gasteiger partial charge in [0.15, 0.2) is 0 Å². The molecule has 1 saturated heterocycles. The van der Waals surface area contributed by atoms with Crippen LogP contribution in [-0.4, -0.2) is 61.3 Å². The topological polar surface area (TPSA) is 54.2 Å². The second-order valence-corrected chi connectivity index (χ2v) is 6.77. The van der Waals surface area contributed by atoms with Gasteiger partial charge in [-0.1, -0.05) is 48.5 Å². The van der Waals surface area contributed by atoms with E-state index in [4.69, 9.17) is 4.74 Å². The maximum absolute atomic E-state index is 12.5. The van der Waals surface area contributed by atoms with Crippen molar-refractivity contribution in [1.29, 1.82) is 0 Å². The molecule has 1 atom stereocenters. The van der Waals surface area contributed by atoms with E-state index in [-0.39, 0.29) is 5.91 Å². The van der Waals surface area contributed by atoms with Crippen LogP contribution in [0.3, 0.4) is 0 Å². The van der Waals surface area contributed by atoms with E-state index in [9.17, 15) is 9.90 Å². The highest BCUT2D eigenvalue weighted by molar-refractivity contribution is 5.94. The fourth-order valence-corrected chi connectivity index (χ4v) is 3.27. The summed E-state index contributed by atoms with van der Waals surface area (Å²) in [5.74, 6) is 0.0939. The van der Waals surface area contributed by atoms with Crippen LogP contribution in [0.5, 0.6) is 0 Å². The summed E-state index contributed by atoms with van der Waals surface area (Å²) in [6, 6.07) is 19.4. The minimum atomic E-state index is -0.481. The predicted octanol–water partition coefficient (Wildman–Crippen LogP) is 0.605. The lowest BCUT2D eigenvalue weighted by Gasteiger charge is -2.33. The molecule has 26 heavy (non-hydrogen) atoms. The van der Waals surface area contributed by atoms with Crippen LogP contribution in [0, 0.1) is 0 Å². The third-order valence-corrected chi connectivity index (χ3v) is 4.72. The fraction of sp³-hybridized carbons (Fsp3) is 0.381. The summed E-state index contributed by atoms with van der Waals surface area (Å²) < 4.78 is 5.61. The minimum absolute atomic E-state index is 0.0939. The highest BCUT2D eigenvalue weighted by Crippen LogP contribution is 2.05. The van der Waals surface area contributed by atoms with Crippen molar-refractivity contribution in [2.75, 3.05) is 39.3 Å². The van der Waals surface area contributed by atoms with Crippen molar-refractivity contribution in [3.05, 3.63) is 71.8 Å². The number of piperazine rings is 1. The van der Waals surface area contributed by atoms with Gasteiger partial charge in [0, 0.05) is 5.56 Å². The average Bonchev–Trinajstić information content (AvgIpc) is 2.69. The average molecular weight is 355 g/mol. The zero-order valence-electron chi connectivity index (χ0n) is 15.0. The number of aliphatic hydroxyl groups excluding tert-OH is 1. The molecule has 138 valence electrons. The lowest BCUT2D eigenvalue weighted by molar-refractivity contribution is -0.907. The fourth-order valence-electron chi connectivity index (χ4n) is 3.27. The molecule has 3 rings (SSSR count). The van der Waals surface area contributed by atoms with Crippen LogP contribution in [0.1, 0.15) is 15.9 Å². The molecule has 2 N–H and O–H groups in total. The Labute approximate surface area is 154 Å². The Morgan fingerprint density at radius 2 is 1.65 bits per heavy atom. The monoisotopic (exact) mass is 355 g/mol. The normalized spacial score (nSPS) is 16.4. The summed E-state index contributed by atoms with van der Waals surface area (Å²) in [5.41, 5.74) is 1.85. The van der Waals surface area contributed by atoms with Crippen molar-refractivity contribution < 1.29 is 19.5 Å². The Kier molecular flexibility index (Phi) is 6.77. The van der Waals surface area contributed by atoms with Crippen molar-refractivity contribution in [2.45, 2.75) is 12.7 Å². The molecule has 1 heterocycles. The van der Waals surface area contributed by atoms with Gasteiger partial charge in [0.25, 0.3) is 5.91 Å². The Morgan fingerprint density at radius 1 is 1.04 bits per heavy atom. The van der Waals surface area contributed by atoms with Crippen LogP contribution < -0.4 is 4.90 Å². The molecule has 1 fully saturated rings. The molecule has 0 aliphatic carbocycles. The van der Waals surface area contributed by atoms with Gasteiger partial charge in [0.2, 0.25) is 0 Å². The molecule has 5 heteroatoms. The summed E-state index contributed by atoms with van der Waals surface area (Å²) in [7, 11) is 0. The highest BCUT2D eigenvalue weighted by Gasteiger charge is 2.25. The molecule has 0 aromatic heterocycles. The maximum atomic E-state index is 12.5. The largest absolute Gasteiger partial charge is 0.385 e. The van der Waals surface area contributed by atoms with E-state index >= 15 is 0 Å². The minimum Gasteiger partial charge on any atom is -0.385 e. The number of nitrogens with one attached hydrogen (secondary N) is 1. The Hall–Kier alpha value is -2.21. The summed E-state index contributed by atoms with van der Waals surface area (Å²) in [5, 5.41) is 10.2. The van der Waals surface area contributed by atoms with Crippen LogP contribution in [0.15, 0.2) is 60.7 Å². The highest BCUT2D eigenvalue weighted by atomic mass is 16.5. The third-order valence-electron chi connectivity index (χ3n) is 4.72. The molecular formula is C21H27N2O3+. The van der Waals surface area contributed by atoms with E-state index in [0.717, 1.165) is 37.3 Å². The molecule has 2 aromatic rings. The molecule has 1 aliphatic heterocycles. The second kappa shape index (κ2) is 9.48. The van der Waals surface area contributed by atoms with E-state index < -0.39 is 6.10 Å². The molecule has 5 nitrogen and oxygen atoms in total. The van der Waals surface area contributed by atoms with Crippen molar-refractivity contribution in [3.63, 3.8) is 0 Å². The molecule has 1 aliphatic rings. The molecule has 0 saturated carbocycles. The van der Waals surface area contributed by atoms with E-state index in [0.29, 0.717) is 19.8 Å². The molecule has 0 spiro atoms. The van der Waals surface area contributed by atoms with Gasteiger partial charge >= 0.3 is 0 Å². The van der Waals surface area contributed by atoms with Crippen LogP contribution in [0.2, 0.25) is 0 Å². The zero-order valence-corrected chi connectivity index (χ0v) is 15.0. The molecular weight excluding hydrogens is 328 g/mol. The number of hydrogen-bond donors (Lipinski definition) is 2. The Morgan fingerprint density at radius 3 is 2.31 bits per heavy atom. The smallest absolute Gasteiger partial charge is 0.254 e. The molecule has 0 unspecified atom stereocenters. The van der Waals surface area contributed by atoms with Crippen LogP contribution in [-0.2, 0) is 11.3 Å². The molecule has 0 radical (unpaired) electrons. The summed E-state index contributed by atoms with van der Waals surface area (Å²) >= 11 is 0. The predicted molar refractivity (Wildman–Crippen MR) is 100 cm³/mol. The van der Waals surface area contributed by atoms with Crippen molar-refractivity contribution in [2.24, 2.45) is 0 Å². The van der Waals surface area contributed by atoms with Gasteiger partial charge in [-0.15, -0.1) is 0 Å². The van der Waals surface area contributed by atoms with Crippen LogP contribution in [0.4, 0.5) is 0 Å². The standard InChI is InChI=1S/C21H26N2O3/c24-20(17-26-16-18-7-3-1-4-8-18)15-22-11-13-23(14-12-22)21(25)19-9-5-2-6-10-19/h1-10,20,24H,11-17H2/p+1/t20-/m0/s1. The van der Waals surface area contributed by atoms with Crippen LogP contribution >= 0.6 is 0 Å². The maximum Gasteiger partial charge on any atom is 0.254 e. The van der Waals surface area contributed by atoms with Gasteiger partial charge in [-0.25, -0.2) is 0 Å². The number of nitrogens with zero attached hydrogens (tertiary/aromatic N) is 1. The van der Waals surface area contributed by atoms with Gasteiger partial charge in [0.05, 0.1) is 39.4 Å². The van der Waals surface area contributed by atoms with Crippen molar-refractivity contribution in [1.82, 2.24) is 4.90 Å². The number of quaternary nitrogens is 1. The summed E-state index contributed by atoms with van der Waals surface area (Å²) in [6.45, 7) is 4.67. The number of hydrogen-bond acceptors (Lipinski definition) is 3. The SMILES string of the molecule is O=C(c1ccccc1)N1CC[NH+](C[C@H](O)COCc2ccccc2)CC1. The van der Waals surface area contributed by atoms with E-state index in [1.165, 1.54) is 4.90 Å². The van der Waals surface area contributed by atoms with Crippen molar-refractivity contribution >= 4 is 5.91 Å². The number of amides is 1. The van der Waals surface area contributed by atoms with E-state index in [1.807, 2.05) is 65.6 Å². The second-order valence-electron chi connectivity index (χ2n) is 6.77. The van der Waals surface area contributed by atoms with Gasteiger partial charge in [0.1, 0.15) is 12.6 Å². The van der Waals surface area contributed by atoms with Crippen LogP contribution in [0.25, 0.3) is 0 Å². The molecule has 2 aromatic carbocycles. The van der Waals surface area contributed by atoms with Gasteiger partial charge in [-0.2, -0.15) is 0 Å². The first-order chi connectivity index (χ1) is 12.7. The van der Waals surface area contributed by atoms with Gasteiger partial charge in [-0.3, -0.25) is 4.79 Å².